The Kier molecular flexibility index (Phi) is 6.10. The minimum atomic E-state index is -3.55. The van der Waals surface area contributed by atoms with Gasteiger partial charge in [0.05, 0.1) is 10.3 Å². The molecule has 0 spiro atoms. The highest BCUT2D eigenvalue weighted by atomic mass is 32.2. The zero-order valence-electron chi connectivity index (χ0n) is 16.9. The molecule has 1 saturated heterocycles. The molecule has 1 fully saturated rings. The predicted molar refractivity (Wildman–Crippen MR) is 116 cm³/mol. The van der Waals surface area contributed by atoms with Crippen LogP contribution in [0.2, 0.25) is 0 Å². The third kappa shape index (κ3) is 4.64. The Labute approximate surface area is 179 Å². The highest BCUT2D eigenvalue weighted by Gasteiger charge is 2.25. The number of aromatic nitrogens is 3. The third-order valence-electron chi connectivity index (χ3n) is 5.26. The molecule has 1 N–H and O–H groups in total. The predicted octanol–water partition coefficient (Wildman–Crippen LogP) is 1.99. The van der Waals surface area contributed by atoms with E-state index in [0.717, 1.165) is 30.4 Å². The van der Waals surface area contributed by atoms with E-state index in [1.165, 1.54) is 28.6 Å². The quantitative estimate of drug-likeness (QED) is 0.648. The average molecular weight is 442 g/mol. The second kappa shape index (κ2) is 8.94. The highest BCUT2D eigenvalue weighted by molar-refractivity contribution is 7.89. The van der Waals surface area contributed by atoms with Gasteiger partial charge in [0.2, 0.25) is 15.9 Å². The number of rotatable bonds is 5. The number of benzene rings is 2. The van der Waals surface area contributed by atoms with E-state index in [1.54, 1.807) is 24.3 Å². The van der Waals surface area contributed by atoms with E-state index in [9.17, 15) is 18.0 Å². The van der Waals surface area contributed by atoms with Gasteiger partial charge in [0.15, 0.2) is 0 Å². The number of hydrogen-bond donors (Lipinski definition) is 1. The number of sulfonamides is 1. The molecule has 1 aromatic heterocycles. The zero-order valence-corrected chi connectivity index (χ0v) is 17.7. The summed E-state index contributed by atoms with van der Waals surface area (Å²) in [6.45, 7) is 0.759. The van der Waals surface area contributed by atoms with Gasteiger partial charge in [0.25, 0.3) is 5.56 Å². The fourth-order valence-corrected chi connectivity index (χ4v) is 5.12. The number of fused-ring (bicyclic) bond motifs is 1. The lowest BCUT2D eigenvalue weighted by Crippen LogP contribution is -2.32. The SMILES string of the molecule is O=C(Cn1nnc2ccccc2c1=O)Nc1ccc(S(=O)(=O)N2CCCCCC2)cc1. The molecule has 1 aliphatic rings. The molecule has 1 aliphatic heterocycles. The van der Waals surface area contributed by atoms with Crippen molar-refractivity contribution in [3.63, 3.8) is 0 Å². The van der Waals surface area contributed by atoms with E-state index >= 15 is 0 Å². The summed E-state index contributed by atoms with van der Waals surface area (Å²) in [6, 6.07) is 12.8. The van der Waals surface area contributed by atoms with Crippen molar-refractivity contribution in [2.75, 3.05) is 18.4 Å². The van der Waals surface area contributed by atoms with Crippen LogP contribution in [0.3, 0.4) is 0 Å². The van der Waals surface area contributed by atoms with Crippen LogP contribution in [0.1, 0.15) is 25.7 Å². The van der Waals surface area contributed by atoms with Crippen LogP contribution in [0.15, 0.2) is 58.2 Å². The van der Waals surface area contributed by atoms with Crippen LogP contribution in [-0.2, 0) is 21.4 Å². The topological polar surface area (TPSA) is 114 Å². The monoisotopic (exact) mass is 441 g/mol. The molecule has 0 bridgehead atoms. The van der Waals surface area contributed by atoms with Crippen molar-refractivity contribution < 1.29 is 13.2 Å². The van der Waals surface area contributed by atoms with Gasteiger partial charge in [-0.25, -0.2) is 13.1 Å². The molecule has 0 radical (unpaired) electrons. The third-order valence-corrected chi connectivity index (χ3v) is 7.18. The molecule has 162 valence electrons. The highest BCUT2D eigenvalue weighted by Crippen LogP contribution is 2.21. The maximum Gasteiger partial charge on any atom is 0.278 e. The Morgan fingerprint density at radius 1 is 0.968 bits per heavy atom. The van der Waals surface area contributed by atoms with Gasteiger partial charge in [0.1, 0.15) is 12.1 Å². The second-order valence-corrected chi connectivity index (χ2v) is 9.40. The fraction of sp³-hybridized carbons (Fsp3) is 0.333. The summed E-state index contributed by atoms with van der Waals surface area (Å²) in [6.07, 6.45) is 3.82. The van der Waals surface area contributed by atoms with Gasteiger partial charge in [0, 0.05) is 18.8 Å². The van der Waals surface area contributed by atoms with E-state index in [0.29, 0.717) is 29.7 Å². The maximum absolute atomic E-state index is 12.8. The van der Waals surface area contributed by atoms with Crippen molar-refractivity contribution in [1.29, 1.82) is 0 Å². The number of carbonyl (C=O) groups is 1. The number of nitrogens with one attached hydrogen (secondary N) is 1. The largest absolute Gasteiger partial charge is 0.324 e. The van der Waals surface area contributed by atoms with E-state index < -0.39 is 21.5 Å². The summed E-state index contributed by atoms with van der Waals surface area (Å²) >= 11 is 0. The van der Waals surface area contributed by atoms with Gasteiger partial charge in [-0.05, 0) is 49.2 Å². The first-order valence-electron chi connectivity index (χ1n) is 10.2. The summed E-state index contributed by atoms with van der Waals surface area (Å²) in [5.74, 6) is -0.463. The van der Waals surface area contributed by atoms with Crippen molar-refractivity contribution in [3.8, 4) is 0 Å². The molecule has 0 unspecified atom stereocenters. The summed E-state index contributed by atoms with van der Waals surface area (Å²) in [7, 11) is -3.55. The first kappa shape index (κ1) is 21.1. The molecule has 0 atom stereocenters. The Balaban J connectivity index is 1.45. The van der Waals surface area contributed by atoms with E-state index in [2.05, 4.69) is 15.6 Å². The van der Waals surface area contributed by atoms with Gasteiger partial charge in [-0.15, -0.1) is 5.10 Å². The van der Waals surface area contributed by atoms with Crippen molar-refractivity contribution >= 4 is 32.5 Å². The van der Waals surface area contributed by atoms with Gasteiger partial charge in [-0.2, -0.15) is 4.31 Å². The number of hydrogen-bond acceptors (Lipinski definition) is 6. The van der Waals surface area contributed by atoms with Crippen LogP contribution >= 0.6 is 0 Å². The number of carbonyl (C=O) groups excluding carboxylic acids is 1. The Hall–Kier alpha value is -3.11. The van der Waals surface area contributed by atoms with Crippen LogP contribution in [-0.4, -0.2) is 46.7 Å². The zero-order chi connectivity index (χ0) is 21.8. The smallest absolute Gasteiger partial charge is 0.278 e. The molecule has 2 aromatic carbocycles. The lowest BCUT2D eigenvalue weighted by atomic mass is 10.2. The standard InChI is InChI=1S/C21H23N5O4S/c27-20(15-26-21(28)18-7-3-4-8-19(18)23-24-26)22-16-9-11-17(12-10-16)31(29,30)25-13-5-1-2-6-14-25/h3-4,7-12H,1-2,5-6,13-15H2,(H,22,27). The normalized spacial score (nSPS) is 15.5. The Bertz CT molecular complexity index is 1250. The molecule has 3 aromatic rings. The van der Waals surface area contributed by atoms with Crippen molar-refractivity contribution in [1.82, 2.24) is 19.3 Å². The lowest BCUT2D eigenvalue weighted by molar-refractivity contribution is -0.117. The molecular formula is C21H23N5O4S. The Morgan fingerprint density at radius 3 is 2.35 bits per heavy atom. The summed E-state index contributed by atoms with van der Waals surface area (Å²) < 4.78 is 28.2. The lowest BCUT2D eigenvalue weighted by Gasteiger charge is -2.20. The molecule has 31 heavy (non-hydrogen) atoms. The molecular weight excluding hydrogens is 418 g/mol. The molecule has 1 amide bonds. The fourth-order valence-electron chi connectivity index (χ4n) is 3.60. The van der Waals surface area contributed by atoms with Crippen LogP contribution in [0.5, 0.6) is 0 Å². The molecule has 10 heteroatoms. The van der Waals surface area contributed by atoms with Crippen LogP contribution < -0.4 is 10.9 Å². The van der Waals surface area contributed by atoms with Crippen molar-refractivity contribution in [3.05, 3.63) is 58.9 Å². The molecule has 9 nitrogen and oxygen atoms in total. The summed E-state index contributed by atoms with van der Waals surface area (Å²) in [4.78, 5) is 25.0. The number of anilines is 1. The number of amides is 1. The van der Waals surface area contributed by atoms with Crippen LogP contribution in [0.4, 0.5) is 5.69 Å². The van der Waals surface area contributed by atoms with E-state index in [1.807, 2.05) is 0 Å². The molecule has 0 aliphatic carbocycles. The maximum atomic E-state index is 12.8. The van der Waals surface area contributed by atoms with Gasteiger partial charge >= 0.3 is 0 Å². The number of nitrogens with zero attached hydrogens (tertiary/aromatic N) is 4. The van der Waals surface area contributed by atoms with E-state index in [4.69, 9.17) is 0 Å². The minimum absolute atomic E-state index is 0.198. The summed E-state index contributed by atoms with van der Waals surface area (Å²) in [5, 5.41) is 10.8. The van der Waals surface area contributed by atoms with E-state index in [-0.39, 0.29) is 11.4 Å². The summed E-state index contributed by atoms with van der Waals surface area (Å²) in [5.41, 5.74) is 0.492. The van der Waals surface area contributed by atoms with Crippen LogP contribution in [0, 0.1) is 0 Å². The van der Waals surface area contributed by atoms with Crippen LogP contribution in [0.25, 0.3) is 10.9 Å². The first-order chi connectivity index (χ1) is 14.9. The van der Waals surface area contributed by atoms with Crippen molar-refractivity contribution in [2.24, 2.45) is 0 Å². The minimum Gasteiger partial charge on any atom is -0.324 e. The Morgan fingerprint density at radius 2 is 1.65 bits per heavy atom. The van der Waals surface area contributed by atoms with Gasteiger partial charge in [-0.1, -0.05) is 30.2 Å². The molecule has 0 saturated carbocycles. The molecule has 4 rings (SSSR count). The molecule has 2 heterocycles. The first-order valence-corrected chi connectivity index (χ1v) is 11.6. The second-order valence-electron chi connectivity index (χ2n) is 7.46. The van der Waals surface area contributed by atoms with Gasteiger partial charge in [-0.3, -0.25) is 9.59 Å². The van der Waals surface area contributed by atoms with Gasteiger partial charge < -0.3 is 5.32 Å². The average Bonchev–Trinajstić information content (AvgIpc) is 3.07. The van der Waals surface area contributed by atoms with Crippen molar-refractivity contribution in [2.45, 2.75) is 37.1 Å².